The monoisotopic (exact) mass is 281 g/mol. The zero-order valence-corrected chi connectivity index (χ0v) is 12.0. The molecule has 2 aliphatic heterocycles. The molecule has 0 bridgehead atoms. The van der Waals surface area contributed by atoms with Crippen molar-refractivity contribution in [3.63, 3.8) is 0 Å². The molecule has 0 aromatic carbocycles. The minimum Gasteiger partial charge on any atom is -0.377 e. The molecule has 2 saturated heterocycles. The summed E-state index contributed by atoms with van der Waals surface area (Å²) in [6, 6.07) is -0.153. The van der Waals surface area contributed by atoms with Gasteiger partial charge >= 0.3 is 0 Å². The number of morpholine rings is 1. The fourth-order valence-electron chi connectivity index (χ4n) is 2.94. The molecule has 1 aliphatic carbocycles. The van der Waals surface area contributed by atoms with Crippen molar-refractivity contribution in [2.75, 3.05) is 32.8 Å². The van der Waals surface area contributed by atoms with E-state index in [0.29, 0.717) is 32.3 Å². The van der Waals surface area contributed by atoms with E-state index in [2.05, 4.69) is 10.6 Å². The van der Waals surface area contributed by atoms with Gasteiger partial charge in [-0.1, -0.05) is 0 Å². The second kappa shape index (κ2) is 5.33. The molecular weight excluding hydrogens is 258 g/mol. The summed E-state index contributed by atoms with van der Waals surface area (Å²) < 4.78 is 5.41. The smallest absolute Gasteiger partial charge is 0.245 e. The third-order valence-electron chi connectivity index (χ3n) is 4.50. The van der Waals surface area contributed by atoms with Crippen molar-refractivity contribution < 1.29 is 14.3 Å². The fourth-order valence-corrected chi connectivity index (χ4v) is 2.94. The van der Waals surface area contributed by atoms with Gasteiger partial charge in [-0.25, -0.2) is 0 Å². The van der Waals surface area contributed by atoms with Crippen LogP contribution in [0.25, 0.3) is 0 Å². The van der Waals surface area contributed by atoms with Crippen LogP contribution in [0.3, 0.4) is 0 Å². The highest BCUT2D eigenvalue weighted by molar-refractivity contribution is 5.90. The molecule has 2 heterocycles. The maximum atomic E-state index is 12.8. The van der Waals surface area contributed by atoms with Crippen LogP contribution in [-0.4, -0.2) is 61.6 Å². The summed E-state index contributed by atoms with van der Waals surface area (Å²) >= 11 is 0. The second-order valence-corrected chi connectivity index (χ2v) is 6.36. The van der Waals surface area contributed by atoms with Crippen LogP contribution in [0.4, 0.5) is 0 Å². The zero-order chi connectivity index (χ0) is 14.2. The standard InChI is InChI=1S/C14H23N3O3/c1-14(4-5-15-9-14)13(19)17-6-7-20-8-11(17)12(18)16-10-2-3-10/h10-11,15H,2-9H2,1H3,(H,16,18). The molecule has 112 valence electrons. The molecule has 2 unspecified atom stereocenters. The molecule has 2 atom stereocenters. The van der Waals surface area contributed by atoms with Gasteiger partial charge in [0.05, 0.1) is 18.6 Å². The fraction of sp³-hybridized carbons (Fsp3) is 0.857. The molecule has 2 N–H and O–H groups in total. The first kappa shape index (κ1) is 13.8. The van der Waals surface area contributed by atoms with Gasteiger partial charge in [-0.05, 0) is 32.7 Å². The summed E-state index contributed by atoms with van der Waals surface area (Å²) in [6.45, 7) is 4.89. The van der Waals surface area contributed by atoms with Crippen LogP contribution in [0.2, 0.25) is 0 Å². The summed E-state index contributed by atoms with van der Waals surface area (Å²) in [5.41, 5.74) is -0.380. The average Bonchev–Trinajstić information content (AvgIpc) is 3.16. The molecule has 20 heavy (non-hydrogen) atoms. The van der Waals surface area contributed by atoms with E-state index in [1.807, 2.05) is 6.92 Å². The van der Waals surface area contributed by atoms with Crippen LogP contribution >= 0.6 is 0 Å². The lowest BCUT2D eigenvalue weighted by Crippen LogP contribution is -2.59. The number of ether oxygens (including phenoxy) is 1. The molecule has 0 aromatic rings. The van der Waals surface area contributed by atoms with Gasteiger partial charge in [0.25, 0.3) is 0 Å². The number of amides is 2. The lowest BCUT2D eigenvalue weighted by molar-refractivity contribution is -0.155. The van der Waals surface area contributed by atoms with Crippen LogP contribution in [0.15, 0.2) is 0 Å². The maximum Gasteiger partial charge on any atom is 0.245 e. The molecule has 3 rings (SSSR count). The van der Waals surface area contributed by atoms with E-state index in [-0.39, 0.29) is 17.2 Å². The quantitative estimate of drug-likeness (QED) is 0.731. The van der Waals surface area contributed by atoms with Gasteiger partial charge in [0.15, 0.2) is 0 Å². The Hall–Kier alpha value is -1.14. The predicted octanol–water partition coefficient (Wildman–Crippen LogP) is -0.508. The Morgan fingerprint density at radius 1 is 1.40 bits per heavy atom. The van der Waals surface area contributed by atoms with Gasteiger partial charge in [-0.2, -0.15) is 0 Å². The predicted molar refractivity (Wildman–Crippen MR) is 73.1 cm³/mol. The van der Waals surface area contributed by atoms with Gasteiger partial charge < -0.3 is 20.3 Å². The highest BCUT2D eigenvalue weighted by Crippen LogP contribution is 2.29. The molecule has 6 nitrogen and oxygen atoms in total. The SMILES string of the molecule is CC1(C(=O)N2CCOCC2C(=O)NC2CC2)CCNC1. The number of hydrogen-bond donors (Lipinski definition) is 2. The van der Waals surface area contributed by atoms with Crippen molar-refractivity contribution in [3.05, 3.63) is 0 Å². The van der Waals surface area contributed by atoms with Crippen molar-refractivity contribution in [1.29, 1.82) is 0 Å². The van der Waals surface area contributed by atoms with Crippen LogP contribution < -0.4 is 10.6 Å². The first-order valence-electron chi connectivity index (χ1n) is 7.50. The summed E-state index contributed by atoms with van der Waals surface area (Å²) in [7, 11) is 0. The number of hydrogen-bond acceptors (Lipinski definition) is 4. The Kier molecular flexibility index (Phi) is 3.69. The van der Waals surface area contributed by atoms with E-state index < -0.39 is 6.04 Å². The third kappa shape index (κ3) is 2.67. The topological polar surface area (TPSA) is 70.7 Å². The van der Waals surface area contributed by atoms with Gasteiger partial charge in [-0.3, -0.25) is 9.59 Å². The molecule has 3 aliphatic rings. The van der Waals surface area contributed by atoms with Crippen LogP contribution in [0, 0.1) is 5.41 Å². The third-order valence-corrected chi connectivity index (χ3v) is 4.50. The summed E-state index contributed by atoms with van der Waals surface area (Å²) in [4.78, 5) is 26.8. The van der Waals surface area contributed by atoms with E-state index >= 15 is 0 Å². The molecule has 2 amide bonds. The van der Waals surface area contributed by atoms with E-state index in [9.17, 15) is 9.59 Å². The van der Waals surface area contributed by atoms with Crippen molar-refractivity contribution in [1.82, 2.24) is 15.5 Å². The van der Waals surface area contributed by atoms with Crippen LogP contribution in [0.5, 0.6) is 0 Å². The van der Waals surface area contributed by atoms with Gasteiger partial charge in [-0.15, -0.1) is 0 Å². The molecular formula is C14H23N3O3. The van der Waals surface area contributed by atoms with Gasteiger partial charge in [0, 0.05) is 19.1 Å². The van der Waals surface area contributed by atoms with E-state index in [1.54, 1.807) is 4.90 Å². The first-order valence-corrected chi connectivity index (χ1v) is 7.50. The lowest BCUT2D eigenvalue weighted by atomic mass is 9.87. The molecule has 0 radical (unpaired) electrons. The summed E-state index contributed by atoms with van der Waals surface area (Å²) in [5.74, 6) is 0.0249. The lowest BCUT2D eigenvalue weighted by Gasteiger charge is -2.39. The number of carbonyl (C=O) groups is 2. The zero-order valence-electron chi connectivity index (χ0n) is 12.0. The Morgan fingerprint density at radius 3 is 2.85 bits per heavy atom. The molecule has 0 spiro atoms. The van der Waals surface area contributed by atoms with Gasteiger partial charge in [0.1, 0.15) is 6.04 Å². The van der Waals surface area contributed by atoms with Crippen molar-refractivity contribution >= 4 is 11.8 Å². The molecule has 6 heteroatoms. The number of carbonyl (C=O) groups excluding carboxylic acids is 2. The number of nitrogens with one attached hydrogen (secondary N) is 2. The highest BCUT2D eigenvalue weighted by Gasteiger charge is 2.44. The second-order valence-electron chi connectivity index (χ2n) is 6.36. The molecule has 0 aromatic heterocycles. The summed E-state index contributed by atoms with van der Waals surface area (Å²) in [5, 5.41) is 6.22. The first-order chi connectivity index (χ1) is 9.60. The van der Waals surface area contributed by atoms with Crippen molar-refractivity contribution in [3.8, 4) is 0 Å². The van der Waals surface area contributed by atoms with Crippen molar-refractivity contribution in [2.45, 2.75) is 38.3 Å². The van der Waals surface area contributed by atoms with E-state index in [0.717, 1.165) is 25.8 Å². The largest absolute Gasteiger partial charge is 0.377 e. The minimum atomic E-state index is -0.464. The normalized spacial score (nSPS) is 34.0. The average molecular weight is 281 g/mol. The Labute approximate surface area is 119 Å². The van der Waals surface area contributed by atoms with E-state index in [4.69, 9.17) is 4.74 Å². The Morgan fingerprint density at radius 2 is 2.20 bits per heavy atom. The Balaban J connectivity index is 1.70. The number of rotatable bonds is 3. The van der Waals surface area contributed by atoms with Crippen molar-refractivity contribution in [2.24, 2.45) is 5.41 Å². The van der Waals surface area contributed by atoms with Crippen LogP contribution in [0.1, 0.15) is 26.2 Å². The number of nitrogens with zero attached hydrogens (tertiary/aromatic N) is 1. The minimum absolute atomic E-state index is 0.0601. The molecule has 3 fully saturated rings. The van der Waals surface area contributed by atoms with Gasteiger partial charge in [0.2, 0.25) is 11.8 Å². The highest BCUT2D eigenvalue weighted by atomic mass is 16.5. The summed E-state index contributed by atoms with van der Waals surface area (Å²) in [6.07, 6.45) is 2.93. The molecule has 1 saturated carbocycles. The Bertz CT molecular complexity index is 402. The maximum absolute atomic E-state index is 12.8. The van der Waals surface area contributed by atoms with Crippen LogP contribution in [-0.2, 0) is 14.3 Å². The van der Waals surface area contributed by atoms with E-state index in [1.165, 1.54) is 0 Å².